The van der Waals surface area contributed by atoms with E-state index in [2.05, 4.69) is 54.8 Å². The molecule has 2 unspecified atom stereocenters. The molecule has 3 rings (SSSR count). The van der Waals surface area contributed by atoms with Gasteiger partial charge in [-0.2, -0.15) is 0 Å². The Morgan fingerprint density at radius 2 is 2.00 bits per heavy atom. The van der Waals surface area contributed by atoms with Crippen LogP contribution in [0.3, 0.4) is 0 Å². The molecular formula is C21H32INO3. The highest BCUT2D eigenvalue weighted by atomic mass is 127. The molecule has 0 aromatic carbocycles. The van der Waals surface area contributed by atoms with Gasteiger partial charge >= 0.3 is 5.97 Å². The lowest BCUT2D eigenvalue weighted by Gasteiger charge is -2.58. The molecule has 0 aromatic rings. The molecule has 5 atom stereocenters. The summed E-state index contributed by atoms with van der Waals surface area (Å²) in [7, 11) is 0. The van der Waals surface area contributed by atoms with Crippen LogP contribution in [0.1, 0.15) is 72.1 Å². The lowest BCUT2D eigenvalue weighted by Crippen LogP contribution is -2.55. The van der Waals surface area contributed by atoms with Crippen molar-refractivity contribution in [1.82, 2.24) is 5.32 Å². The van der Waals surface area contributed by atoms with Gasteiger partial charge in [-0.1, -0.05) is 61.4 Å². The minimum Gasteiger partial charge on any atom is -0.481 e. The number of rotatable bonds is 4. The number of amides is 1. The third kappa shape index (κ3) is 3.57. The molecule has 26 heavy (non-hydrogen) atoms. The molecule has 0 saturated heterocycles. The number of halogens is 1. The number of carbonyl (C=O) groups excluding carboxylic acids is 1. The van der Waals surface area contributed by atoms with Gasteiger partial charge in [0.2, 0.25) is 5.91 Å². The topological polar surface area (TPSA) is 66.4 Å². The maximum absolute atomic E-state index is 13.0. The second-order valence-corrected chi connectivity index (χ2v) is 12.0. The van der Waals surface area contributed by atoms with Crippen LogP contribution in [0.15, 0.2) is 11.6 Å². The quantitative estimate of drug-likeness (QED) is 0.353. The zero-order chi connectivity index (χ0) is 19.2. The van der Waals surface area contributed by atoms with Gasteiger partial charge in [-0.05, 0) is 55.8 Å². The number of carboxylic acid groups (broad SMARTS) is 1. The van der Waals surface area contributed by atoms with Gasteiger partial charge in [0.05, 0.1) is 6.42 Å². The van der Waals surface area contributed by atoms with Gasteiger partial charge in [-0.3, -0.25) is 9.59 Å². The van der Waals surface area contributed by atoms with Gasteiger partial charge in [-0.15, -0.1) is 0 Å². The number of hydrogen-bond donors (Lipinski definition) is 2. The smallest absolute Gasteiger partial charge is 0.305 e. The lowest BCUT2D eigenvalue weighted by atomic mass is 9.46. The number of nitrogens with one attached hydrogen (secondary N) is 1. The number of carbonyl (C=O) groups is 2. The van der Waals surface area contributed by atoms with Crippen molar-refractivity contribution in [2.75, 3.05) is 6.54 Å². The third-order valence-electron chi connectivity index (χ3n) is 7.40. The van der Waals surface area contributed by atoms with E-state index in [0.717, 1.165) is 25.7 Å². The molecule has 146 valence electrons. The van der Waals surface area contributed by atoms with E-state index in [1.165, 1.54) is 19.3 Å². The molecule has 2 fully saturated rings. The van der Waals surface area contributed by atoms with Crippen LogP contribution < -0.4 is 5.32 Å². The number of hydrogen-bond acceptors (Lipinski definition) is 2. The monoisotopic (exact) mass is 473 g/mol. The third-order valence-corrected chi connectivity index (χ3v) is 8.28. The van der Waals surface area contributed by atoms with E-state index >= 15 is 0 Å². The minimum absolute atomic E-state index is 0.00871. The molecule has 0 aliphatic heterocycles. The second-order valence-electron chi connectivity index (χ2n) is 9.40. The van der Waals surface area contributed by atoms with Crippen LogP contribution in [0.5, 0.6) is 0 Å². The highest BCUT2D eigenvalue weighted by molar-refractivity contribution is 14.1. The molecule has 3 aliphatic carbocycles. The zero-order valence-corrected chi connectivity index (χ0v) is 18.4. The average Bonchev–Trinajstić information content (AvgIpc) is 2.52. The van der Waals surface area contributed by atoms with E-state index in [0.29, 0.717) is 15.3 Å². The van der Waals surface area contributed by atoms with E-state index in [4.69, 9.17) is 5.11 Å². The lowest BCUT2D eigenvalue weighted by molar-refractivity contribution is -0.142. The summed E-state index contributed by atoms with van der Waals surface area (Å²) in [5.74, 6) is 0.223. The predicted octanol–water partition coefficient (Wildman–Crippen LogP) is 4.71. The molecule has 0 spiro atoms. The Morgan fingerprint density at radius 1 is 1.27 bits per heavy atom. The fraction of sp³-hybridized carbons (Fsp3) is 0.810. The molecule has 1 amide bonds. The summed E-state index contributed by atoms with van der Waals surface area (Å²) in [6.45, 7) is 7.10. The van der Waals surface area contributed by atoms with Crippen molar-refractivity contribution >= 4 is 34.5 Å². The Hall–Kier alpha value is -0.590. The fourth-order valence-electron chi connectivity index (χ4n) is 6.14. The molecule has 3 aliphatic rings. The van der Waals surface area contributed by atoms with Crippen molar-refractivity contribution in [3.63, 3.8) is 0 Å². The SMILES string of the molecule is C[C@]1(I)CC=C2C(CCC3[C@](C)(C(=O)NCCC(=O)O)CCC[C@@]23C)C1. The molecule has 4 nitrogen and oxygen atoms in total. The largest absolute Gasteiger partial charge is 0.481 e. The highest BCUT2D eigenvalue weighted by Gasteiger charge is 2.57. The first-order valence-electron chi connectivity index (χ1n) is 9.98. The molecule has 5 heteroatoms. The molecule has 2 saturated carbocycles. The van der Waals surface area contributed by atoms with E-state index < -0.39 is 5.97 Å². The predicted molar refractivity (Wildman–Crippen MR) is 111 cm³/mol. The van der Waals surface area contributed by atoms with Gasteiger partial charge in [0.15, 0.2) is 0 Å². The Morgan fingerprint density at radius 3 is 2.69 bits per heavy atom. The average molecular weight is 473 g/mol. The summed E-state index contributed by atoms with van der Waals surface area (Å²) in [6, 6.07) is 0. The summed E-state index contributed by atoms with van der Waals surface area (Å²) >= 11 is 2.61. The van der Waals surface area contributed by atoms with E-state index in [-0.39, 0.29) is 29.7 Å². The summed E-state index contributed by atoms with van der Waals surface area (Å²) in [4.78, 5) is 23.8. The van der Waals surface area contributed by atoms with Crippen LogP contribution in [0.4, 0.5) is 0 Å². The molecule has 0 radical (unpaired) electrons. The van der Waals surface area contributed by atoms with Crippen LogP contribution in [-0.2, 0) is 9.59 Å². The van der Waals surface area contributed by atoms with Crippen LogP contribution in [0.25, 0.3) is 0 Å². The Labute approximate surface area is 170 Å². The number of fused-ring (bicyclic) bond motifs is 3. The number of allylic oxidation sites excluding steroid dienone is 2. The summed E-state index contributed by atoms with van der Waals surface area (Å²) < 4.78 is 0.362. The number of aliphatic carboxylic acids is 1. The summed E-state index contributed by atoms with van der Waals surface area (Å²) in [5.41, 5.74) is 1.35. The van der Waals surface area contributed by atoms with Crippen LogP contribution in [0.2, 0.25) is 0 Å². The van der Waals surface area contributed by atoms with Crippen molar-refractivity contribution in [3.8, 4) is 0 Å². The van der Waals surface area contributed by atoms with Crippen molar-refractivity contribution in [3.05, 3.63) is 11.6 Å². The van der Waals surface area contributed by atoms with E-state index in [1.807, 2.05) is 0 Å². The summed E-state index contributed by atoms with van der Waals surface area (Å²) in [5, 5.41) is 11.8. The Bertz CT molecular complexity index is 629. The van der Waals surface area contributed by atoms with Crippen LogP contribution >= 0.6 is 22.6 Å². The molecule has 2 N–H and O–H groups in total. The standard InChI is InChI=1S/C21H32INO3/c1-19(22)11-7-15-14(13-19)5-6-16-20(15,2)9-4-10-21(16,3)18(26)23-12-8-17(24)25/h7,14,16H,4-6,8-13H2,1-3H3,(H,23,26)(H,24,25)/t14?,16?,19-,20-,21+/m0/s1. The van der Waals surface area contributed by atoms with Gasteiger partial charge < -0.3 is 10.4 Å². The maximum Gasteiger partial charge on any atom is 0.305 e. The van der Waals surface area contributed by atoms with Gasteiger partial charge in [-0.25, -0.2) is 0 Å². The molecular weight excluding hydrogens is 441 g/mol. The first kappa shape index (κ1) is 20.2. The molecule has 0 heterocycles. The normalized spacial score (nSPS) is 42.2. The van der Waals surface area contributed by atoms with Gasteiger partial charge in [0.25, 0.3) is 0 Å². The van der Waals surface area contributed by atoms with E-state index in [9.17, 15) is 9.59 Å². The van der Waals surface area contributed by atoms with Crippen LogP contribution in [-0.4, -0.2) is 26.9 Å². The Balaban J connectivity index is 1.83. The van der Waals surface area contributed by atoms with Crippen molar-refractivity contribution in [2.45, 2.75) is 75.6 Å². The van der Waals surface area contributed by atoms with Crippen molar-refractivity contribution < 1.29 is 14.7 Å². The van der Waals surface area contributed by atoms with Gasteiger partial charge in [0.1, 0.15) is 0 Å². The number of carboxylic acids is 1. The molecule has 0 bridgehead atoms. The van der Waals surface area contributed by atoms with Crippen molar-refractivity contribution in [2.24, 2.45) is 22.7 Å². The molecule has 0 aromatic heterocycles. The van der Waals surface area contributed by atoms with Gasteiger partial charge in [0, 0.05) is 15.4 Å². The van der Waals surface area contributed by atoms with E-state index in [1.54, 1.807) is 5.57 Å². The van der Waals surface area contributed by atoms with Crippen molar-refractivity contribution in [1.29, 1.82) is 0 Å². The highest BCUT2D eigenvalue weighted by Crippen LogP contribution is 2.63. The first-order valence-corrected chi connectivity index (χ1v) is 11.1. The van der Waals surface area contributed by atoms with Crippen LogP contribution in [0, 0.1) is 22.7 Å². The maximum atomic E-state index is 13.0. The number of alkyl halides is 1. The first-order chi connectivity index (χ1) is 12.1. The fourth-order valence-corrected chi connectivity index (χ4v) is 6.89. The Kier molecular flexibility index (Phi) is 5.50. The second kappa shape index (κ2) is 7.10. The summed E-state index contributed by atoms with van der Waals surface area (Å²) in [6.07, 6.45) is 10.3. The zero-order valence-electron chi connectivity index (χ0n) is 16.2. The minimum atomic E-state index is -0.862.